The predicted octanol–water partition coefficient (Wildman–Crippen LogP) is 5.39. The highest BCUT2D eigenvalue weighted by molar-refractivity contribution is 9.10. The highest BCUT2D eigenvalue weighted by Gasteiger charge is 2.18. The summed E-state index contributed by atoms with van der Waals surface area (Å²) in [6, 6.07) is 19.7. The quantitative estimate of drug-likeness (QED) is 0.171. The summed E-state index contributed by atoms with van der Waals surface area (Å²) in [6.45, 7) is 1.29. The van der Waals surface area contributed by atoms with E-state index < -0.39 is 5.97 Å². The number of esters is 1. The maximum atomic E-state index is 13.5. The second kappa shape index (κ2) is 9.19. The molecule has 0 spiro atoms. The Kier molecular flexibility index (Phi) is 5.92. The molecule has 2 heterocycles. The van der Waals surface area contributed by atoms with Crippen LogP contribution in [-0.4, -0.2) is 29.0 Å². The van der Waals surface area contributed by atoms with Crippen LogP contribution in [0.4, 0.5) is 0 Å². The van der Waals surface area contributed by atoms with Crippen LogP contribution in [0.1, 0.15) is 12.5 Å². The van der Waals surface area contributed by atoms with Crippen LogP contribution in [0.15, 0.2) is 85.5 Å². The van der Waals surface area contributed by atoms with Crippen molar-refractivity contribution in [2.24, 2.45) is 5.10 Å². The number of para-hydroxylation sites is 2. The molecule has 9 heteroatoms. The van der Waals surface area contributed by atoms with E-state index in [1.54, 1.807) is 30.3 Å². The van der Waals surface area contributed by atoms with E-state index in [0.29, 0.717) is 38.0 Å². The van der Waals surface area contributed by atoms with Gasteiger partial charge in [-0.2, -0.15) is 9.78 Å². The Bertz CT molecular complexity index is 1650. The smallest absolute Gasteiger partial charge is 0.308 e. The molecule has 0 unspecified atom stereocenters. The lowest BCUT2D eigenvalue weighted by molar-refractivity contribution is -0.132. The minimum absolute atomic E-state index is 0.180. The van der Waals surface area contributed by atoms with Crippen molar-refractivity contribution in [3.63, 3.8) is 0 Å². The maximum absolute atomic E-state index is 13.5. The molecule has 5 aromatic rings. The second-order valence-corrected chi connectivity index (χ2v) is 8.50. The molecule has 0 N–H and O–H groups in total. The highest BCUT2D eigenvalue weighted by atomic mass is 79.9. The first-order chi connectivity index (χ1) is 16.9. The van der Waals surface area contributed by atoms with Crippen LogP contribution in [-0.2, 0) is 4.79 Å². The van der Waals surface area contributed by atoms with Gasteiger partial charge >= 0.3 is 5.97 Å². The SMILES string of the molecule is COc1cc(Br)cc(C=Nn2c(-c3cc4ccccc4o3)nc3ccccc3c2=O)c1OC(C)=O. The monoisotopic (exact) mass is 531 g/mol. The first-order valence-corrected chi connectivity index (χ1v) is 11.3. The lowest BCUT2D eigenvalue weighted by atomic mass is 10.2. The van der Waals surface area contributed by atoms with Gasteiger partial charge in [-0.25, -0.2) is 4.98 Å². The van der Waals surface area contributed by atoms with E-state index >= 15 is 0 Å². The normalized spacial score (nSPS) is 11.4. The Morgan fingerprint density at radius 2 is 1.89 bits per heavy atom. The average Bonchev–Trinajstić information content (AvgIpc) is 3.28. The van der Waals surface area contributed by atoms with Gasteiger partial charge in [-0.05, 0) is 36.4 Å². The fourth-order valence-corrected chi connectivity index (χ4v) is 4.15. The van der Waals surface area contributed by atoms with Crippen LogP contribution in [0.5, 0.6) is 11.5 Å². The van der Waals surface area contributed by atoms with E-state index in [9.17, 15) is 9.59 Å². The van der Waals surface area contributed by atoms with Crippen molar-refractivity contribution in [3.05, 3.63) is 87.1 Å². The molecule has 0 saturated heterocycles. The minimum Gasteiger partial charge on any atom is -0.493 e. The zero-order chi connectivity index (χ0) is 24.5. The van der Waals surface area contributed by atoms with Gasteiger partial charge in [-0.15, -0.1) is 0 Å². The van der Waals surface area contributed by atoms with Crippen molar-refractivity contribution in [1.82, 2.24) is 9.66 Å². The number of carbonyl (C=O) groups is 1. The van der Waals surface area contributed by atoms with E-state index in [1.165, 1.54) is 24.9 Å². The Labute approximate surface area is 207 Å². The summed E-state index contributed by atoms with van der Waals surface area (Å²) < 4.78 is 18.6. The first-order valence-electron chi connectivity index (χ1n) is 10.6. The number of benzene rings is 3. The van der Waals surface area contributed by atoms with Crippen LogP contribution in [0, 0.1) is 0 Å². The Morgan fingerprint density at radius 3 is 2.66 bits per heavy atom. The number of rotatable bonds is 5. The van der Waals surface area contributed by atoms with Gasteiger partial charge in [0.1, 0.15) is 5.58 Å². The molecular formula is C26H18BrN3O5. The molecule has 0 radical (unpaired) electrons. The van der Waals surface area contributed by atoms with Crippen LogP contribution in [0.25, 0.3) is 33.5 Å². The topological polar surface area (TPSA) is 95.9 Å². The summed E-state index contributed by atoms with van der Waals surface area (Å²) >= 11 is 3.42. The van der Waals surface area contributed by atoms with Gasteiger partial charge in [0, 0.05) is 22.3 Å². The van der Waals surface area contributed by atoms with Gasteiger partial charge < -0.3 is 13.9 Å². The second-order valence-electron chi connectivity index (χ2n) is 7.58. The number of ether oxygens (including phenoxy) is 2. The van der Waals surface area contributed by atoms with Gasteiger partial charge in [0.2, 0.25) is 5.82 Å². The van der Waals surface area contributed by atoms with Crippen LogP contribution >= 0.6 is 15.9 Å². The van der Waals surface area contributed by atoms with E-state index in [2.05, 4.69) is 26.0 Å². The number of fused-ring (bicyclic) bond motifs is 2. The zero-order valence-electron chi connectivity index (χ0n) is 18.7. The fourth-order valence-electron chi connectivity index (χ4n) is 3.69. The fraction of sp³-hybridized carbons (Fsp3) is 0.0769. The van der Waals surface area contributed by atoms with Crippen LogP contribution in [0.2, 0.25) is 0 Å². The van der Waals surface area contributed by atoms with Gasteiger partial charge in [-0.1, -0.05) is 46.3 Å². The largest absolute Gasteiger partial charge is 0.493 e. The van der Waals surface area contributed by atoms with Crippen molar-refractivity contribution in [2.75, 3.05) is 7.11 Å². The number of hydrogen-bond acceptors (Lipinski definition) is 7. The van der Waals surface area contributed by atoms with Gasteiger partial charge in [0.25, 0.3) is 5.56 Å². The van der Waals surface area contributed by atoms with Crippen LogP contribution < -0.4 is 15.0 Å². The number of halogens is 1. The van der Waals surface area contributed by atoms with E-state index in [4.69, 9.17) is 13.9 Å². The van der Waals surface area contributed by atoms with E-state index in [0.717, 1.165) is 5.39 Å². The third-order valence-electron chi connectivity index (χ3n) is 5.23. The Balaban J connectivity index is 1.73. The lowest BCUT2D eigenvalue weighted by Gasteiger charge is -2.12. The number of hydrogen-bond donors (Lipinski definition) is 0. The Morgan fingerprint density at radius 1 is 1.11 bits per heavy atom. The van der Waals surface area contributed by atoms with Crippen molar-refractivity contribution in [1.29, 1.82) is 0 Å². The third kappa shape index (κ3) is 4.33. The molecule has 0 aliphatic carbocycles. The zero-order valence-corrected chi connectivity index (χ0v) is 20.3. The molecule has 0 aliphatic heterocycles. The first kappa shape index (κ1) is 22.5. The van der Waals surface area contributed by atoms with E-state index in [-0.39, 0.29) is 17.1 Å². The minimum atomic E-state index is -0.521. The van der Waals surface area contributed by atoms with Gasteiger partial charge in [0.15, 0.2) is 17.3 Å². The third-order valence-corrected chi connectivity index (χ3v) is 5.68. The molecule has 2 aromatic heterocycles. The molecule has 0 saturated carbocycles. The maximum Gasteiger partial charge on any atom is 0.308 e. The average molecular weight is 532 g/mol. The molecular weight excluding hydrogens is 514 g/mol. The number of carbonyl (C=O) groups excluding carboxylic acids is 1. The number of nitrogens with zero attached hydrogens (tertiary/aromatic N) is 3. The Hall–Kier alpha value is -4.24. The number of methoxy groups -OCH3 is 1. The van der Waals surface area contributed by atoms with Gasteiger partial charge in [0.05, 0.1) is 24.2 Å². The summed E-state index contributed by atoms with van der Waals surface area (Å²) in [5.41, 5.74) is 1.22. The molecule has 8 nitrogen and oxygen atoms in total. The molecule has 0 atom stereocenters. The summed E-state index contributed by atoms with van der Waals surface area (Å²) in [4.78, 5) is 29.8. The summed E-state index contributed by atoms with van der Waals surface area (Å²) in [7, 11) is 1.47. The highest BCUT2D eigenvalue weighted by Crippen LogP contribution is 2.34. The van der Waals surface area contributed by atoms with Crippen molar-refractivity contribution in [2.45, 2.75) is 6.92 Å². The van der Waals surface area contributed by atoms with Gasteiger partial charge in [-0.3, -0.25) is 9.59 Å². The molecule has 0 fully saturated rings. The number of furan rings is 1. The standard InChI is InChI=1S/C26H18BrN3O5/c1-15(31)34-24-17(11-18(27)13-22(24)33-2)14-28-30-25(23-12-16-7-3-6-10-21(16)35-23)29-20-9-5-4-8-19(20)26(30)32/h3-14H,1-2H3. The molecule has 5 rings (SSSR count). The summed E-state index contributed by atoms with van der Waals surface area (Å²) in [5.74, 6) is 0.611. The van der Waals surface area contributed by atoms with E-state index in [1.807, 2.05) is 36.4 Å². The van der Waals surface area contributed by atoms with Crippen molar-refractivity contribution < 1.29 is 18.7 Å². The number of aromatic nitrogens is 2. The molecule has 35 heavy (non-hydrogen) atoms. The summed E-state index contributed by atoms with van der Waals surface area (Å²) in [6.07, 6.45) is 1.41. The summed E-state index contributed by atoms with van der Waals surface area (Å²) in [5, 5.41) is 5.72. The molecule has 3 aromatic carbocycles. The van der Waals surface area contributed by atoms with Crippen molar-refractivity contribution >= 4 is 50.0 Å². The molecule has 0 bridgehead atoms. The molecule has 0 aliphatic rings. The molecule has 174 valence electrons. The molecule has 0 amide bonds. The lowest BCUT2D eigenvalue weighted by Crippen LogP contribution is -2.20. The van der Waals surface area contributed by atoms with Crippen LogP contribution in [0.3, 0.4) is 0 Å². The predicted molar refractivity (Wildman–Crippen MR) is 136 cm³/mol. The van der Waals surface area contributed by atoms with Crippen molar-refractivity contribution in [3.8, 4) is 23.1 Å².